The minimum Gasteiger partial charge on any atom is -0.496 e. The van der Waals surface area contributed by atoms with E-state index in [9.17, 15) is 4.79 Å². The van der Waals surface area contributed by atoms with Crippen LogP contribution in [-0.2, 0) is 11.3 Å². The van der Waals surface area contributed by atoms with Gasteiger partial charge in [0, 0.05) is 42.2 Å². The van der Waals surface area contributed by atoms with Crippen LogP contribution in [0, 0.1) is 0 Å². The topological polar surface area (TPSA) is 107 Å². The molecule has 1 amide bonds. The number of nitrogens with zero attached hydrogens (tertiary/aromatic N) is 5. The zero-order chi connectivity index (χ0) is 23.2. The third-order valence-corrected chi connectivity index (χ3v) is 5.37. The Bertz CT molecular complexity index is 1250. The van der Waals surface area contributed by atoms with Crippen molar-refractivity contribution in [3.05, 3.63) is 60.7 Å². The smallest absolute Gasteiger partial charge is 0.241 e. The maximum atomic E-state index is 11.9. The average molecular weight is 446 g/mol. The molecule has 0 saturated carbocycles. The van der Waals surface area contributed by atoms with Crippen molar-refractivity contribution in [1.82, 2.24) is 30.0 Å². The van der Waals surface area contributed by atoms with Crippen LogP contribution in [0.3, 0.4) is 0 Å². The largest absolute Gasteiger partial charge is 0.496 e. The predicted molar refractivity (Wildman–Crippen MR) is 127 cm³/mol. The normalized spacial score (nSPS) is 11.8. The number of fused-ring (bicyclic) bond motifs is 1. The summed E-state index contributed by atoms with van der Waals surface area (Å²) in [7, 11) is 1.68. The molecule has 4 aromatic rings. The molecule has 0 bridgehead atoms. The fraction of sp³-hybridized carbons (Fsp3) is 0.292. The van der Waals surface area contributed by atoms with E-state index >= 15 is 0 Å². The number of nitrogens with one attached hydrogen (secondary N) is 2. The summed E-state index contributed by atoms with van der Waals surface area (Å²) in [6.45, 7) is 5.44. The molecule has 170 valence electrons. The van der Waals surface area contributed by atoms with Gasteiger partial charge in [0.1, 0.15) is 24.4 Å². The second-order valence-corrected chi connectivity index (χ2v) is 7.70. The summed E-state index contributed by atoms with van der Waals surface area (Å²) >= 11 is 0. The van der Waals surface area contributed by atoms with Crippen LogP contribution in [0.2, 0.25) is 0 Å². The standard InChI is InChI=1S/C24H27N7O2/c1-4-25-23(32)14-31-24-18(13-30-31)9-17(12-27-24)20-10-22(29-15-28-20)26-11-16(2)19-7-5-6-8-21(19)33-3/h5-10,12-13,15-16H,4,11,14H2,1-3H3,(H,25,32)(H,26,28,29)/t16-/m1/s1. The van der Waals surface area contributed by atoms with Crippen LogP contribution in [-0.4, -0.2) is 50.8 Å². The lowest BCUT2D eigenvalue weighted by molar-refractivity contribution is -0.121. The number of likely N-dealkylation sites (N-methyl/N-ethyl adjacent to an activating group) is 1. The van der Waals surface area contributed by atoms with E-state index < -0.39 is 0 Å². The maximum absolute atomic E-state index is 11.9. The first-order chi connectivity index (χ1) is 16.1. The molecular weight excluding hydrogens is 418 g/mol. The summed E-state index contributed by atoms with van der Waals surface area (Å²) in [6, 6.07) is 11.9. The zero-order valence-electron chi connectivity index (χ0n) is 18.9. The summed E-state index contributed by atoms with van der Waals surface area (Å²) in [5.41, 5.74) is 3.40. The van der Waals surface area contributed by atoms with Gasteiger partial charge in [-0.05, 0) is 24.6 Å². The van der Waals surface area contributed by atoms with E-state index in [2.05, 4.69) is 43.7 Å². The number of hydrogen-bond donors (Lipinski definition) is 2. The minimum atomic E-state index is -0.0951. The van der Waals surface area contributed by atoms with Gasteiger partial charge < -0.3 is 15.4 Å². The summed E-state index contributed by atoms with van der Waals surface area (Å²) in [6.07, 6.45) is 4.98. The zero-order valence-corrected chi connectivity index (χ0v) is 18.9. The third-order valence-electron chi connectivity index (χ3n) is 5.37. The Kier molecular flexibility index (Phi) is 6.77. The lowest BCUT2D eigenvalue weighted by Crippen LogP contribution is -2.27. The number of ether oxygens (including phenoxy) is 1. The van der Waals surface area contributed by atoms with Crippen LogP contribution in [0.25, 0.3) is 22.3 Å². The molecule has 0 radical (unpaired) electrons. The average Bonchev–Trinajstić information content (AvgIpc) is 3.24. The Morgan fingerprint density at radius 2 is 2.00 bits per heavy atom. The van der Waals surface area contributed by atoms with E-state index in [4.69, 9.17) is 4.74 Å². The first kappa shape index (κ1) is 22.2. The van der Waals surface area contributed by atoms with Crippen LogP contribution in [0.1, 0.15) is 25.3 Å². The van der Waals surface area contributed by atoms with Gasteiger partial charge in [0.2, 0.25) is 5.91 Å². The highest BCUT2D eigenvalue weighted by Gasteiger charge is 2.13. The van der Waals surface area contributed by atoms with E-state index in [-0.39, 0.29) is 18.4 Å². The van der Waals surface area contributed by atoms with Crippen molar-refractivity contribution >= 4 is 22.8 Å². The quantitative estimate of drug-likeness (QED) is 0.407. The number of carbonyl (C=O) groups excluding carboxylic acids is 1. The van der Waals surface area contributed by atoms with Crippen LogP contribution >= 0.6 is 0 Å². The van der Waals surface area contributed by atoms with Gasteiger partial charge in [-0.3, -0.25) is 4.79 Å². The molecule has 0 aliphatic rings. The first-order valence-electron chi connectivity index (χ1n) is 10.9. The molecule has 0 fully saturated rings. The van der Waals surface area contributed by atoms with Crippen molar-refractivity contribution in [1.29, 1.82) is 0 Å². The van der Waals surface area contributed by atoms with E-state index in [1.165, 1.54) is 6.33 Å². The molecule has 0 spiro atoms. The van der Waals surface area contributed by atoms with E-state index in [0.29, 0.717) is 18.7 Å². The highest BCUT2D eigenvalue weighted by atomic mass is 16.5. The number of pyridine rings is 1. The molecule has 1 aromatic carbocycles. The van der Waals surface area contributed by atoms with Crippen molar-refractivity contribution in [3.63, 3.8) is 0 Å². The molecule has 3 heterocycles. The molecule has 9 heteroatoms. The molecule has 9 nitrogen and oxygen atoms in total. The van der Waals surface area contributed by atoms with Gasteiger partial charge in [-0.15, -0.1) is 0 Å². The number of anilines is 1. The van der Waals surface area contributed by atoms with Crippen LogP contribution < -0.4 is 15.4 Å². The van der Waals surface area contributed by atoms with Crippen LogP contribution in [0.4, 0.5) is 5.82 Å². The van der Waals surface area contributed by atoms with Crippen molar-refractivity contribution in [2.45, 2.75) is 26.3 Å². The third kappa shape index (κ3) is 5.08. The van der Waals surface area contributed by atoms with Crippen molar-refractivity contribution in [2.24, 2.45) is 0 Å². The first-order valence-corrected chi connectivity index (χ1v) is 10.9. The van der Waals surface area contributed by atoms with Crippen LogP contribution in [0.5, 0.6) is 5.75 Å². The summed E-state index contributed by atoms with van der Waals surface area (Å²) in [5, 5.41) is 11.3. The molecule has 1 atom stereocenters. The fourth-order valence-electron chi connectivity index (χ4n) is 3.67. The highest BCUT2D eigenvalue weighted by molar-refractivity contribution is 5.82. The number of carbonyl (C=O) groups is 1. The second-order valence-electron chi connectivity index (χ2n) is 7.70. The summed E-state index contributed by atoms with van der Waals surface area (Å²) < 4.78 is 7.07. The second kappa shape index (κ2) is 10.1. The number of hydrogen-bond acceptors (Lipinski definition) is 7. The Morgan fingerprint density at radius 1 is 1.15 bits per heavy atom. The highest BCUT2D eigenvalue weighted by Crippen LogP contribution is 2.27. The fourth-order valence-corrected chi connectivity index (χ4v) is 3.67. The number of benzene rings is 1. The Hall–Kier alpha value is -4.01. The summed E-state index contributed by atoms with van der Waals surface area (Å²) in [4.78, 5) is 25.2. The van der Waals surface area contributed by atoms with E-state index in [1.54, 1.807) is 24.2 Å². The SMILES string of the molecule is CCNC(=O)Cn1ncc2cc(-c3cc(NC[C@@H](C)c4ccccc4OC)ncn3)cnc21. The lowest BCUT2D eigenvalue weighted by atomic mass is 10.00. The monoisotopic (exact) mass is 445 g/mol. The van der Waals surface area contributed by atoms with Gasteiger partial charge in [-0.2, -0.15) is 5.10 Å². The Labute approximate surface area is 192 Å². The molecule has 0 unspecified atom stereocenters. The summed E-state index contributed by atoms with van der Waals surface area (Å²) in [5.74, 6) is 1.74. The minimum absolute atomic E-state index is 0.0951. The number of rotatable bonds is 9. The van der Waals surface area contributed by atoms with Gasteiger partial charge >= 0.3 is 0 Å². The van der Waals surface area contributed by atoms with Crippen LogP contribution in [0.15, 0.2) is 55.1 Å². The van der Waals surface area contributed by atoms with Crippen molar-refractivity contribution in [2.75, 3.05) is 25.5 Å². The lowest BCUT2D eigenvalue weighted by Gasteiger charge is -2.16. The molecule has 4 rings (SSSR count). The number of aromatic nitrogens is 5. The van der Waals surface area contributed by atoms with Gasteiger partial charge in [-0.25, -0.2) is 19.6 Å². The van der Waals surface area contributed by atoms with Crippen molar-refractivity contribution in [3.8, 4) is 17.0 Å². The van der Waals surface area contributed by atoms with Gasteiger partial charge in [0.15, 0.2) is 5.65 Å². The van der Waals surface area contributed by atoms with Gasteiger partial charge in [0.25, 0.3) is 0 Å². The maximum Gasteiger partial charge on any atom is 0.241 e. The number of methoxy groups -OCH3 is 1. The molecular formula is C24H27N7O2. The van der Waals surface area contributed by atoms with Gasteiger partial charge in [0.05, 0.1) is 19.0 Å². The Balaban J connectivity index is 1.48. The predicted octanol–water partition coefficient (Wildman–Crippen LogP) is 3.25. The van der Waals surface area contributed by atoms with E-state index in [1.807, 2.05) is 37.3 Å². The van der Waals surface area contributed by atoms with E-state index in [0.717, 1.165) is 33.8 Å². The Morgan fingerprint density at radius 3 is 2.82 bits per heavy atom. The molecule has 3 aromatic heterocycles. The molecule has 2 N–H and O–H groups in total. The van der Waals surface area contributed by atoms with Crippen molar-refractivity contribution < 1.29 is 9.53 Å². The molecule has 0 aliphatic heterocycles. The van der Waals surface area contributed by atoms with Gasteiger partial charge in [-0.1, -0.05) is 25.1 Å². The number of amides is 1. The molecule has 0 aliphatic carbocycles. The molecule has 0 saturated heterocycles. The number of para-hydroxylation sites is 1. The molecule has 33 heavy (non-hydrogen) atoms.